The summed E-state index contributed by atoms with van der Waals surface area (Å²) in [6, 6.07) is 8.28. The van der Waals surface area contributed by atoms with Crippen LogP contribution in [0.3, 0.4) is 0 Å². The van der Waals surface area contributed by atoms with Gasteiger partial charge in [0.25, 0.3) is 5.69 Å². The molecule has 0 saturated carbocycles. The summed E-state index contributed by atoms with van der Waals surface area (Å²) in [5.74, 6) is 0. The molecule has 2 aromatic rings. The first-order chi connectivity index (χ1) is 11.0. The Morgan fingerprint density at radius 2 is 2.17 bits per heavy atom. The van der Waals surface area contributed by atoms with Gasteiger partial charge in [0.1, 0.15) is 0 Å². The van der Waals surface area contributed by atoms with Gasteiger partial charge in [-0.1, -0.05) is 6.07 Å². The van der Waals surface area contributed by atoms with E-state index in [-0.39, 0.29) is 5.69 Å². The summed E-state index contributed by atoms with van der Waals surface area (Å²) in [4.78, 5) is 10.3. The molecule has 0 atom stereocenters. The van der Waals surface area contributed by atoms with E-state index in [4.69, 9.17) is 12.2 Å². The lowest BCUT2D eigenvalue weighted by atomic mass is 10.3. The van der Waals surface area contributed by atoms with Crippen LogP contribution in [0.4, 0.5) is 11.4 Å². The van der Waals surface area contributed by atoms with Crippen LogP contribution in [0.2, 0.25) is 0 Å². The number of hydrogen-bond acceptors (Lipinski definition) is 4. The van der Waals surface area contributed by atoms with E-state index in [1.165, 1.54) is 12.1 Å². The van der Waals surface area contributed by atoms with Crippen LogP contribution in [-0.4, -0.2) is 26.4 Å². The fraction of sp³-hybridized carbons (Fsp3) is 0.333. The highest BCUT2D eigenvalue weighted by atomic mass is 32.1. The van der Waals surface area contributed by atoms with Crippen LogP contribution in [0.25, 0.3) is 0 Å². The summed E-state index contributed by atoms with van der Waals surface area (Å²) in [5, 5.41) is 21.6. The summed E-state index contributed by atoms with van der Waals surface area (Å²) in [5.41, 5.74) is 2.77. The van der Waals surface area contributed by atoms with Crippen LogP contribution in [0.15, 0.2) is 30.3 Å². The van der Waals surface area contributed by atoms with Gasteiger partial charge in [-0.2, -0.15) is 5.10 Å². The SMILES string of the molecule is Cc1cc(C)n(CCCNC(=S)Nc2cccc([N+](=O)[O-])c2)n1. The molecule has 0 saturated heterocycles. The fourth-order valence-electron chi connectivity index (χ4n) is 2.20. The molecule has 8 heteroatoms. The van der Waals surface area contributed by atoms with E-state index in [9.17, 15) is 10.1 Å². The van der Waals surface area contributed by atoms with Gasteiger partial charge in [0.2, 0.25) is 0 Å². The predicted octanol–water partition coefficient (Wildman–Crippen LogP) is 2.78. The number of benzene rings is 1. The first kappa shape index (κ1) is 16.9. The summed E-state index contributed by atoms with van der Waals surface area (Å²) < 4.78 is 1.97. The minimum absolute atomic E-state index is 0.0299. The minimum atomic E-state index is -0.434. The Kier molecular flexibility index (Phi) is 5.64. The molecule has 1 heterocycles. The Morgan fingerprint density at radius 3 is 2.83 bits per heavy atom. The van der Waals surface area contributed by atoms with Gasteiger partial charge in [-0.3, -0.25) is 14.8 Å². The number of nitro benzene ring substituents is 1. The summed E-state index contributed by atoms with van der Waals surface area (Å²) >= 11 is 5.19. The van der Waals surface area contributed by atoms with Crippen LogP contribution in [0.5, 0.6) is 0 Å². The summed E-state index contributed by atoms with van der Waals surface area (Å²) in [6.07, 6.45) is 0.874. The number of non-ortho nitro benzene ring substituents is 1. The van der Waals surface area contributed by atoms with Crippen LogP contribution in [0.1, 0.15) is 17.8 Å². The predicted molar refractivity (Wildman–Crippen MR) is 93.6 cm³/mol. The van der Waals surface area contributed by atoms with Crippen LogP contribution in [-0.2, 0) is 6.54 Å². The van der Waals surface area contributed by atoms with Crippen molar-refractivity contribution in [1.82, 2.24) is 15.1 Å². The van der Waals surface area contributed by atoms with Gasteiger partial charge in [-0.25, -0.2) is 0 Å². The van der Waals surface area contributed by atoms with E-state index in [2.05, 4.69) is 15.7 Å². The van der Waals surface area contributed by atoms with Crippen molar-refractivity contribution in [2.75, 3.05) is 11.9 Å². The molecule has 2 N–H and O–H groups in total. The Bertz CT molecular complexity index is 714. The Morgan fingerprint density at radius 1 is 1.39 bits per heavy atom. The first-order valence-corrected chi connectivity index (χ1v) is 7.67. The maximum atomic E-state index is 10.7. The third kappa shape index (κ3) is 5.03. The molecule has 0 aliphatic rings. The Hall–Kier alpha value is -2.48. The molecule has 0 fully saturated rings. The average Bonchev–Trinajstić information content (AvgIpc) is 2.82. The lowest BCUT2D eigenvalue weighted by Gasteiger charge is -2.10. The molecule has 7 nitrogen and oxygen atoms in total. The largest absolute Gasteiger partial charge is 0.362 e. The average molecular weight is 333 g/mol. The van der Waals surface area contributed by atoms with Gasteiger partial charge in [0.05, 0.1) is 10.6 Å². The summed E-state index contributed by atoms with van der Waals surface area (Å²) in [7, 11) is 0. The zero-order valence-corrected chi connectivity index (χ0v) is 13.9. The molecule has 0 amide bonds. The minimum Gasteiger partial charge on any atom is -0.362 e. The van der Waals surface area contributed by atoms with Gasteiger partial charge in [-0.15, -0.1) is 0 Å². The standard InChI is InChI=1S/C15H19N5O2S/c1-11-9-12(2)19(18-11)8-4-7-16-15(23)17-13-5-3-6-14(10-13)20(21)22/h3,5-6,9-10H,4,7-8H2,1-2H3,(H2,16,17,23). The van der Waals surface area contributed by atoms with Gasteiger partial charge in [0, 0.05) is 36.6 Å². The number of nitrogens with zero attached hydrogens (tertiary/aromatic N) is 3. The first-order valence-electron chi connectivity index (χ1n) is 7.26. The maximum Gasteiger partial charge on any atom is 0.271 e. The zero-order chi connectivity index (χ0) is 16.8. The van der Waals surface area contributed by atoms with Crippen molar-refractivity contribution >= 4 is 28.7 Å². The van der Waals surface area contributed by atoms with E-state index in [1.54, 1.807) is 12.1 Å². The maximum absolute atomic E-state index is 10.7. The van der Waals surface area contributed by atoms with Crippen molar-refractivity contribution in [2.24, 2.45) is 0 Å². The van der Waals surface area contributed by atoms with E-state index < -0.39 is 4.92 Å². The smallest absolute Gasteiger partial charge is 0.271 e. The number of nitrogens with one attached hydrogen (secondary N) is 2. The summed E-state index contributed by atoms with van der Waals surface area (Å²) in [6.45, 7) is 5.51. The van der Waals surface area contributed by atoms with Crippen molar-refractivity contribution in [3.63, 3.8) is 0 Å². The molecular weight excluding hydrogens is 314 g/mol. The third-order valence-electron chi connectivity index (χ3n) is 3.25. The number of rotatable bonds is 6. The second-order valence-electron chi connectivity index (χ2n) is 5.19. The topological polar surface area (TPSA) is 85.0 Å². The highest BCUT2D eigenvalue weighted by Crippen LogP contribution is 2.16. The molecule has 1 aromatic heterocycles. The highest BCUT2D eigenvalue weighted by molar-refractivity contribution is 7.80. The molecule has 0 radical (unpaired) electrons. The van der Waals surface area contributed by atoms with Crippen LogP contribution in [0, 0.1) is 24.0 Å². The van der Waals surface area contributed by atoms with E-state index >= 15 is 0 Å². The molecule has 0 aliphatic heterocycles. The fourth-order valence-corrected chi connectivity index (χ4v) is 2.42. The molecule has 23 heavy (non-hydrogen) atoms. The highest BCUT2D eigenvalue weighted by Gasteiger charge is 2.06. The molecule has 1 aromatic carbocycles. The van der Waals surface area contributed by atoms with E-state index in [0.29, 0.717) is 17.3 Å². The lowest BCUT2D eigenvalue weighted by molar-refractivity contribution is -0.384. The van der Waals surface area contributed by atoms with E-state index in [1.807, 2.05) is 24.6 Å². The van der Waals surface area contributed by atoms with Crippen molar-refractivity contribution in [3.05, 3.63) is 51.8 Å². The Balaban J connectivity index is 1.76. The van der Waals surface area contributed by atoms with Crippen LogP contribution >= 0.6 is 12.2 Å². The molecule has 0 unspecified atom stereocenters. The van der Waals surface area contributed by atoms with Crippen molar-refractivity contribution < 1.29 is 4.92 Å². The molecule has 2 rings (SSSR count). The number of nitro groups is 1. The van der Waals surface area contributed by atoms with Crippen molar-refractivity contribution in [1.29, 1.82) is 0 Å². The zero-order valence-electron chi connectivity index (χ0n) is 13.1. The number of aryl methyl sites for hydroxylation is 3. The molecule has 122 valence electrons. The van der Waals surface area contributed by atoms with E-state index in [0.717, 1.165) is 24.4 Å². The van der Waals surface area contributed by atoms with Crippen LogP contribution < -0.4 is 10.6 Å². The quantitative estimate of drug-likeness (QED) is 0.366. The molecule has 0 spiro atoms. The third-order valence-corrected chi connectivity index (χ3v) is 3.50. The van der Waals surface area contributed by atoms with Crippen molar-refractivity contribution in [2.45, 2.75) is 26.8 Å². The normalized spacial score (nSPS) is 10.3. The molecule has 0 bridgehead atoms. The second-order valence-corrected chi connectivity index (χ2v) is 5.60. The molecule has 0 aliphatic carbocycles. The Labute approximate surface area is 139 Å². The molecular formula is C15H19N5O2S. The van der Waals surface area contributed by atoms with Gasteiger partial charge >= 0.3 is 0 Å². The number of thiocarbonyl (C=S) groups is 1. The van der Waals surface area contributed by atoms with Gasteiger partial charge in [0.15, 0.2) is 5.11 Å². The second kappa shape index (κ2) is 7.68. The van der Waals surface area contributed by atoms with Gasteiger partial charge in [-0.05, 0) is 44.6 Å². The van der Waals surface area contributed by atoms with Gasteiger partial charge < -0.3 is 10.6 Å². The lowest BCUT2D eigenvalue weighted by Crippen LogP contribution is -2.29. The monoisotopic (exact) mass is 333 g/mol. The number of anilines is 1. The number of hydrogen-bond donors (Lipinski definition) is 2. The number of aromatic nitrogens is 2. The van der Waals surface area contributed by atoms with Crippen molar-refractivity contribution in [3.8, 4) is 0 Å².